The average Bonchev–Trinajstić information content (AvgIpc) is 2.95. The van der Waals surface area contributed by atoms with Crippen molar-refractivity contribution >= 4 is 10.9 Å². The molecule has 2 heteroatoms. The third-order valence-electron chi connectivity index (χ3n) is 5.92. The van der Waals surface area contributed by atoms with Crippen molar-refractivity contribution < 1.29 is 5.11 Å². The van der Waals surface area contributed by atoms with Gasteiger partial charge in [-0.2, -0.15) is 0 Å². The zero-order valence-corrected chi connectivity index (χ0v) is 13.4. The van der Waals surface area contributed by atoms with E-state index in [-0.39, 0.29) is 0 Å². The van der Waals surface area contributed by atoms with E-state index in [0.717, 1.165) is 42.7 Å². The fourth-order valence-corrected chi connectivity index (χ4v) is 3.80. The largest absolute Gasteiger partial charge is 0.385 e. The van der Waals surface area contributed by atoms with Gasteiger partial charge in [0.05, 0.1) is 5.60 Å². The van der Waals surface area contributed by atoms with Crippen molar-refractivity contribution in [3.05, 3.63) is 36.0 Å². The quantitative estimate of drug-likeness (QED) is 0.819. The van der Waals surface area contributed by atoms with Gasteiger partial charge in [0.1, 0.15) is 0 Å². The molecule has 0 aliphatic heterocycles. The minimum absolute atomic E-state index is 0.395. The summed E-state index contributed by atoms with van der Waals surface area (Å²) in [6.07, 6.45) is 7.20. The van der Waals surface area contributed by atoms with E-state index in [2.05, 4.69) is 50.0 Å². The zero-order chi connectivity index (χ0) is 15.1. The second kappa shape index (κ2) is 5.17. The van der Waals surface area contributed by atoms with Crippen LogP contribution in [0.5, 0.6) is 0 Å². The second-order valence-electron chi connectivity index (χ2n) is 7.43. The highest BCUT2D eigenvalue weighted by Gasteiger charge is 2.39. The van der Waals surface area contributed by atoms with Crippen molar-refractivity contribution in [3.63, 3.8) is 0 Å². The van der Waals surface area contributed by atoms with Gasteiger partial charge in [-0.3, -0.25) is 0 Å². The lowest BCUT2D eigenvalue weighted by Gasteiger charge is -2.42. The molecule has 1 aliphatic rings. The molecule has 0 radical (unpaired) electrons. The maximum atomic E-state index is 11.1. The molecule has 2 aromatic rings. The van der Waals surface area contributed by atoms with Gasteiger partial charge in [-0.15, -0.1) is 0 Å². The lowest BCUT2D eigenvalue weighted by molar-refractivity contribution is -0.0327. The molecule has 1 aromatic heterocycles. The molecule has 2 N–H and O–H groups in total. The summed E-state index contributed by atoms with van der Waals surface area (Å²) in [5.41, 5.74) is 1.99. The summed E-state index contributed by atoms with van der Waals surface area (Å²) in [6.45, 7) is 7.02. The van der Waals surface area contributed by atoms with Crippen LogP contribution in [0.25, 0.3) is 10.9 Å². The van der Waals surface area contributed by atoms with Crippen LogP contribution in [0, 0.1) is 11.3 Å². The molecule has 1 saturated carbocycles. The van der Waals surface area contributed by atoms with Crippen molar-refractivity contribution in [1.29, 1.82) is 0 Å². The van der Waals surface area contributed by atoms with Crippen LogP contribution >= 0.6 is 0 Å². The number of H-pyrrole nitrogens is 1. The molecular formula is C19H27NO. The number of aromatic nitrogens is 1. The Morgan fingerprint density at radius 1 is 1.24 bits per heavy atom. The first-order chi connectivity index (χ1) is 9.94. The fourth-order valence-electron chi connectivity index (χ4n) is 3.80. The Balaban J connectivity index is 1.80. The summed E-state index contributed by atoms with van der Waals surface area (Å²) in [5, 5.41) is 12.3. The molecule has 0 amide bonds. The van der Waals surface area contributed by atoms with Crippen molar-refractivity contribution in [3.8, 4) is 0 Å². The highest BCUT2D eigenvalue weighted by molar-refractivity contribution is 5.80. The van der Waals surface area contributed by atoms with Gasteiger partial charge in [0.15, 0.2) is 0 Å². The van der Waals surface area contributed by atoms with Crippen LogP contribution in [-0.4, -0.2) is 10.1 Å². The van der Waals surface area contributed by atoms with E-state index in [9.17, 15) is 5.11 Å². The van der Waals surface area contributed by atoms with E-state index in [4.69, 9.17) is 0 Å². The predicted molar refractivity (Wildman–Crippen MR) is 88.2 cm³/mol. The maximum absolute atomic E-state index is 11.1. The van der Waals surface area contributed by atoms with Crippen molar-refractivity contribution in [2.45, 2.75) is 58.5 Å². The Kier molecular flexibility index (Phi) is 3.61. The Labute approximate surface area is 127 Å². The molecule has 0 unspecified atom stereocenters. The first-order valence-corrected chi connectivity index (χ1v) is 8.25. The van der Waals surface area contributed by atoms with E-state index >= 15 is 0 Å². The summed E-state index contributed by atoms with van der Waals surface area (Å²) in [4.78, 5) is 3.22. The molecule has 0 saturated heterocycles. The van der Waals surface area contributed by atoms with Crippen LogP contribution < -0.4 is 0 Å². The SMILES string of the molecule is CCC(C)(C)C1CCC(O)(c2ccc3[nH]ccc3c2)CC1. The third-order valence-corrected chi connectivity index (χ3v) is 5.92. The van der Waals surface area contributed by atoms with Gasteiger partial charge in [0.2, 0.25) is 0 Å². The minimum atomic E-state index is -0.633. The molecule has 21 heavy (non-hydrogen) atoms. The van der Waals surface area contributed by atoms with Crippen molar-refractivity contribution in [2.24, 2.45) is 11.3 Å². The Morgan fingerprint density at radius 3 is 2.62 bits per heavy atom. The third kappa shape index (κ3) is 2.62. The number of aliphatic hydroxyl groups is 1. The van der Waals surface area contributed by atoms with E-state index in [1.54, 1.807) is 0 Å². The minimum Gasteiger partial charge on any atom is -0.385 e. The normalized spacial score (nSPS) is 27.1. The van der Waals surface area contributed by atoms with Gasteiger partial charge < -0.3 is 10.1 Å². The molecule has 1 aromatic carbocycles. The number of benzene rings is 1. The molecule has 1 heterocycles. The van der Waals surface area contributed by atoms with E-state index < -0.39 is 5.60 Å². The Morgan fingerprint density at radius 2 is 1.95 bits per heavy atom. The Hall–Kier alpha value is -1.28. The van der Waals surface area contributed by atoms with Gasteiger partial charge in [0.25, 0.3) is 0 Å². The number of rotatable bonds is 3. The van der Waals surface area contributed by atoms with Gasteiger partial charge in [-0.25, -0.2) is 0 Å². The number of aromatic amines is 1. The molecule has 2 nitrogen and oxygen atoms in total. The predicted octanol–water partition coefficient (Wildman–Crippen LogP) is 4.98. The summed E-state index contributed by atoms with van der Waals surface area (Å²) < 4.78 is 0. The molecule has 3 rings (SSSR count). The van der Waals surface area contributed by atoms with Crippen molar-refractivity contribution in [1.82, 2.24) is 4.98 Å². The average molecular weight is 285 g/mol. The van der Waals surface area contributed by atoms with Crippen LogP contribution in [0.4, 0.5) is 0 Å². The highest BCUT2D eigenvalue weighted by Crippen LogP contribution is 2.47. The molecule has 1 fully saturated rings. The molecule has 1 aliphatic carbocycles. The Bertz CT molecular complexity index is 617. The summed E-state index contributed by atoms with van der Waals surface area (Å²) in [5.74, 6) is 0.735. The van der Waals surface area contributed by atoms with E-state index in [0.29, 0.717) is 5.41 Å². The molecule has 114 valence electrons. The molecule has 0 atom stereocenters. The second-order valence-corrected chi connectivity index (χ2v) is 7.43. The van der Waals surface area contributed by atoms with E-state index in [1.807, 2.05) is 6.20 Å². The van der Waals surface area contributed by atoms with Gasteiger partial charge in [0, 0.05) is 11.7 Å². The number of nitrogens with one attached hydrogen (secondary N) is 1. The lowest BCUT2D eigenvalue weighted by Crippen LogP contribution is -2.36. The van der Waals surface area contributed by atoms with Crippen LogP contribution in [-0.2, 0) is 5.60 Å². The topological polar surface area (TPSA) is 36.0 Å². The summed E-state index contributed by atoms with van der Waals surface area (Å²) in [7, 11) is 0. The molecule has 0 spiro atoms. The maximum Gasteiger partial charge on any atom is 0.0897 e. The lowest BCUT2D eigenvalue weighted by atomic mass is 9.65. The highest BCUT2D eigenvalue weighted by atomic mass is 16.3. The first kappa shape index (κ1) is 14.6. The zero-order valence-electron chi connectivity index (χ0n) is 13.4. The van der Waals surface area contributed by atoms with Crippen LogP contribution in [0.15, 0.2) is 30.5 Å². The van der Waals surface area contributed by atoms with Gasteiger partial charge in [-0.1, -0.05) is 33.3 Å². The van der Waals surface area contributed by atoms with Crippen LogP contribution in [0.3, 0.4) is 0 Å². The number of hydrogen-bond donors (Lipinski definition) is 2. The van der Waals surface area contributed by atoms with E-state index in [1.165, 1.54) is 11.8 Å². The monoisotopic (exact) mass is 285 g/mol. The standard InChI is InChI=1S/C19H27NO/c1-4-18(2,3)15-7-10-19(21,11-8-15)16-5-6-17-14(13-16)9-12-20-17/h5-6,9,12-13,15,20-21H,4,7-8,10-11H2,1-3H3. The number of fused-ring (bicyclic) bond motifs is 1. The van der Waals surface area contributed by atoms with Gasteiger partial charge in [-0.05, 0) is 66.2 Å². The number of hydrogen-bond acceptors (Lipinski definition) is 1. The summed E-state index contributed by atoms with van der Waals surface area (Å²) >= 11 is 0. The van der Waals surface area contributed by atoms with Crippen LogP contribution in [0.2, 0.25) is 0 Å². The fraction of sp³-hybridized carbons (Fsp3) is 0.579. The summed E-state index contributed by atoms with van der Waals surface area (Å²) in [6, 6.07) is 8.40. The molecule has 0 bridgehead atoms. The van der Waals surface area contributed by atoms with Crippen molar-refractivity contribution in [2.75, 3.05) is 0 Å². The van der Waals surface area contributed by atoms with Crippen LogP contribution in [0.1, 0.15) is 58.4 Å². The van der Waals surface area contributed by atoms with Gasteiger partial charge >= 0.3 is 0 Å². The molecular weight excluding hydrogens is 258 g/mol. The smallest absolute Gasteiger partial charge is 0.0897 e. The first-order valence-electron chi connectivity index (χ1n) is 8.25.